The molecular formula is C19H27N3O2. The predicted molar refractivity (Wildman–Crippen MR) is 90.7 cm³/mol. The maximum Gasteiger partial charge on any atom is 0.242 e. The van der Waals surface area contributed by atoms with Crippen molar-refractivity contribution in [2.75, 3.05) is 13.1 Å². The molecule has 24 heavy (non-hydrogen) atoms. The van der Waals surface area contributed by atoms with Crippen molar-refractivity contribution in [2.24, 2.45) is 16.7 Å². The molecule has 130 valence electrons. The normalized spacial score (nSPS) is 29.4. The lowest BCUT2D eigenvalue weighted by atomic mass is 9.57. The van der Waals surface area contributed by atoms with Gasteiger partial charge in [0.15, 0.2) is 5.78 Å². The van der Waals surface area contributed by atoms with Gasteiger partial charge in [-0.15, -0.1) is 0 Å². The molecule has 3 rings (SSSR count). The number of nitriles is 1. The zero-order chi connectivity index (χ0) is 17.7. The zero-order valence-electron chi connectivity index (χ0n) is 15.1. The highest BCUT2D eigenvalue weighted by molar-refractivity contribution is 6.03. The number of hydrogen-bond acceptors (Lipinski definition) is 4. The minimum atomic E-state index is -0.754. The number of nitrogens with zero attached hydrogens (tertiary/aromatic N) is 2. The number of ketones is 1. The van der Waals surface area contributed by atoms with Crippen LogP contribution in [0.25, 0.3) is 0 Å². The highest BCUT2D eigenvalue weighted by atomic mass is 16.2. The Balaban J connectivity index is 2.06. The Morgan fingerprint density at radius 2 is 1.83 bits per heavy atom. The maximum atomic E-state index is 13.0. The summed E-state index contributed by atoms with van der Waals surface area (Å²) >= 11 is 0. The number of rotatable bonds is 1. The maximum absolute atomic E-state index is 13.0. The van der Waals surface area contributed by atoms with E-state index in [4.69, 9.17) is 0 Å². The highest BCUT2D eigenvalue weighted by Crippen LogP contribution is 2.53. The lowest BCUT2D eigenvalue weighted by Gasteiger charge is -2.51. The summed E-state index contributed by atoms with van der Waals surface area (Å²) in [6.45, 7) is 10.1. The van der Waals surface area contributed by atoms with Gasteiger partial charge in [-0.2, -0.15) is 5.26 Å². The van der Waals surface area contributed by atoms with Crippen LogP contribution < -0.4 is 5.32 Å². The lowest BCUT2D eigenvalue weighted by molar-refractivity contribution is -0.130. The van der Waals surface area contributed by atoms with Gasteiger partial charge in [0.1, 0.15) is 5.92 Å². The molecule has 1 saturated heterocycles. The van der Waals surface area contributed by atoms with E-state index in [1.54, 1.807) is 0 Å². The van der Waals surface area contributed by atoms with Crippen molar-refractivity contribution in [3.63, 3.8) is 0 Å². The van der Waals surface area contributed by atoms with Crippen molar-refractivity contribution in [3.8, 4) is 6.07 Å². The molecule has 0 aromatic heterocycles. The molecular weight excluding hydrogens is 302 g/mol. The molecule has 0 aromatic carbocycles. The number of piperidine rings is 1. The first-order valence-electron chi connectivity index (χ1n) is 8.91. The van der Waals surface area contributed by atoms with Gasteiger partial charge in [0.05, 0.1) is 6.07 Å². The molecule has 2 heterocycles. The van der Waals surface area contributed by atoms with Gasteiger partial charge >= 0.3 is 0 Å². The molecule has 1 amide bonds. The zero-order valence-corrected chi connectivity index (χ0v) is 15.1. The van der Waals surface area contributed by atoms with E-state index in [1.165, 1.54) is 0 Å². The van der Waals surface area contributed by atoms with Gasteiger partial charge in [0.25, 0.3) is 0 Å². The summed E-state index contributed by atoms with van der Waals surface area (Å²) in [7, 11) is 0. The average Bonchev–Trinajstić information content (AvgIpc) is 2.45. The third-order valence-corrected chi connectivity index (χ3v) is 6.01. The van der Waals surface area contributed by atoms with Crippen molar-refractivity contribution in [3.05, 3.63) is 11.3 Å². The van der Waals surface area contributed by atoms with E-state index in [9.17, 15) is 14.9 Å². The lowest BCUT2D eigenvalue weighted by Crippen LogP contribution is -2.56. The molecule has 0 bridgehead atoms. The van der Waals surface area contributed by atoms with Gasteiger partial charge in [-0.3, -0.25) is 9.59 Å². The number of likely N-dealkylation sites (tertiary alicyclic amines) is 1. The Labute approximate surface area is 144 Å². The summed E-state index contributed by atoms with van der Waals surface area (Å²) in [5.41, 5.74) is 0.815. The predicted octanol–water partition coefficient (Wildman–Crippen LogP) is 2.39. The summed E-state index contributed by atoms with van der Waals surface area (Å²) in [6.07, 6.45) is 2.62. The summed E-state index contributed by atoms with van der Waals surface area (Å²) in [4.78, 5) is 27.9. The fourth-order valence-electron chi connectivity index (χ4n) is 4.78. The Morgan fingerprint density at radius 3 is 2.38 bits per heavy atom. The number of carbonyl (C=O) groups excluding carboxylic acids is 2. The van der Waals surface area contributed by atoms with Crippen molar-refractivity contribution in [1.29, 1.82) is 5.26 Å². The molecule has 0 radical (unpaired) electrons. The molecule has 3 aliphatic rings. The Bertz CT molecular complexity index is 646. The highest BCUT2D eigenvalue weighted by Gasteiger charge is 2.55. The van der Waals surface area contributed by atoms with E-state index < -0.39 is 11.3 Å². The van der Waals surface area contributed by atoms with Crippen LogP contribution in [0.1, 0.15) is 53.4 Å². The minimum Gasteiger partial charge on any atom is -0.328 e. The van der Waals surface area contributed by atoms with Crippen LogP contribution in [-0.4, -0.2) is 35.7 Å². The van der Waals surface area contributed by atoms with E-state index >= 15 is 0 Å². The Morgan fingerprint density at radius 1 is 1.21 bits per heavy atom. The first-order chi connectivity index (χ1) is 11.2. The Hall–Kier alpha value is -1.67. The summed E-state index contributed by atoms with van der Waals surface area (Å²) in [5, 5.41) is 12.6. The van der Waals surface area contributed by atoms with Gasteiger partial charge in [-0.05, 0) is 51.6 Å². The molecule has 1 N–H and O–H groups in total. The third kappa shape index (κ3) is 2.57. The summed E-state index contributed by atoms with van der Waals surface area (Å²) in [6, 6.07) is 2.66. The fraction of sp³-hybridized carbons (Fsp3) is 0.737. The van der Waals surface area contributed by atoms with E-state index in [-0.39, 0.29) is 17.1 Å². The number of allylic oxidation sites excluding steroid dienone is 2. The van der Waals surface area contributed by atoms with Gasteiger partial charge in [-0.1, -0.05) is 13.8 Å². The number of fused-ring (bicyclic) bond motifs is 1. The molecule has 5 heteroatoms. The third-order valence-electron chi connectivity index (χ3n) is 6.01. The quantitative estimate of drug-likeness (QED) is 0.801. The van der Waals surface area contributed by atoms with Crippen molar-refractivity contribution in [2.45, 2.75) is 59.4 Å². The topological polar surface area (TPSA) is 73.2 Å². The van der Waals surface area contributed by atoms with Gasteiger partial charge in [0.2, 0.25) is 5.91 Å². The summed E-state index contributed by atoms with van der Waals surface area (Å²) < 4.78 is 0. The van der Waals surface area contributed by atoms with Gasteiger partial charge in [-0.25, -0.2) is 0 Å². The van der Waals surface area contributed by atoms with Gasteiger partial charge < -0.3 is 10.2 Å². The van der Waals surface area contributed by atoms with Crippen molar-refractivity contribution in [1.82, 2.24) is 10.2 Å². The second-order valence-electron chi connectivity index (χ2n) is 8.63. The molecule has 1 aliphatic carbocycles. The van der Waals surface area contributed by atoms with Crippen LogP contribution in [-0.2, 0) is 9.59 Å². The van der Waals surface area contributed by atoms with Crippen LogP contribution in [0, 0.1) is 28.1 Å². The van der Waals surface area contributed by atoms with Crippen LogP contribution in [0.4, 0.5) is 0 Å². The number of hydrogen-bond donors (Lipinski definition) is 1. The second kappa shape index (κ2) is 5.70. The largest absolute Gasteiger partial charge is 0.328 e. The smallest absolute Gasteiger partial charge is 0.242 e. The standard InChI is InChI=1S/C19H27N3O2/c1-12(2)22-7-5-19(6-8-22)13(11-20)17(24)21-14-9-18(3,4)10-15(23)16(14)19/h12-13H,5-10H2,1-4H3,(H,21,24). The fourth-order valence-corrected chi connectivity index (χ4v) is 4.78. The SMILES string of the molecule is CC(C)N1CCC2(CC1)C1=C(CC(C)(C)CC1=O)NC(=O)C2C#N. The Kier molecular flexibility index (Phi) is 4.08. The van der Waals surface area contributed by atoms with Crippen LogP contribution in [0.5, 0.6) is 0 Å². The molecule has 2 aliphatic heterocycles. The molecule has 0 saturated carbocycles. The molecule has 1 unspecified atom stereocenters. The van der Waals surface area contributed by atoms with Crippen LogP contribution in [0.2, 0.25) is 0 Å². The number of nitrogens with one attached hydrogen (secondary N) is 1. The van der Waals surface area contributed by atoms with Crippen molar-refractivity contribution >= 4 is 11.7 Å². The molecule has 1 atom stereocenters. The van der Waals surface area contributed by atoms with E-state index in [0.717, 1.165) is 24.4 Å². The first-order valence-corrected chi connectivity index (χ1v) is 8.91. The van der Waals surface area contributed by atoms with Crippen LogP contribution in [0.3, 0.4) is 0 Å². The monoisotopic (exact) mass is 329 g/mol. The van der Waals surface area contributed by atoms with Crippen LogP contribution >= 0.6 is 0 Å². The van der Waals surface area contributed by atoms with Crippen molar-refractivity contribution < 1.29 is 9.59 Å². The molecule has 5 nitrogen and oxygen atoms in total. The van der Waals surface area contributed by atoms with E-state index in [0.29, 0.717) is 31.7 Å². The minimum absolute atomic E-state index is 0.125. The first kappa shape index (κ1) is 17.2. The van der Waals surface area contributed by atoms with E-state index in [2.05, 4.69) is 44.0 Å². The van der Waals surface area contributed by atoms with Crippen LogP contribution in [0.15, 0.2) is 11.3 Å². The van der Waals surface area contributed by atoms with Gasteiger partial charge in [0, 0.05) is 29.1 Å². The molecule has 0 aromatic rings. The number of carbonyl (C=O) groups is 2. The summed E-state index contributed by atoms with van der Waals surface area (Å²) in [5.74, 6) is -0.852. The number of Topliss-reactive ketones (excluding diaryl/α,β-unsaturated/α-hetero) is 1. The second-order valence-corrected chi connectivity index (χ2v) is 8.63. The van der Waals surface area contributed by atoms with E-state index in [1.807, 2.05) is 0 Å². The molecule has 1 spiro atoms. The average molecular weight is 329 g/mol. The number of amides is 1. The molecule has 1 fully saturated rings.